The summed E-state index contributed by atoms with van der Waals surface area (Å²) in [5.74, 6) is -0.386. The number of nitrogens with one attached hydrogen (secondary N) is 3. The van der Waals surface area contributed by atoms with Crippen LogP contribution in [0.5, 0.6) is 0 Å². The molecule has 1 atom stereocenters. The number of carbonyl (C=O) groups excluding carboxylic acids is 2. The van der Waals surface area contributed by atoms with E-state index in [9.17, 15) is 14.0 Å². The van der Waals surface area contributed by atoms with E-state index in [1.807, 2.05) is 17.8 Å². The molecule has 1 aromatic carbocycles. The standard InChI is InChI=1S/C18H23FN4O2/c1-23-11-12(14-6-5-13(19)10-16(14)23)7-9-21-18(25)22-15-4-2-3-8-20-17(15)24/h5-6,10-11,15H,2-4,7-9H2,1H3,(H,20,24)(H2,21,22,25)/t15-/m0/s1. The Morgan fingerprint density at radius 1 is 1.40 bits per heavy atom. The van der Waals surface area contributed by atoms with E-state index in [0.29, 0.717) is 25.9 Å². The fourth-order valence-electron chi connectivity index (χ4n) is 3.24. The van der Waals surface area contributed by atoms with E-state index in [2.05, 4.69) is 16.0 Å². The van der Waals surface area contributed by atoms with Crippen molar-refractivity contribution < 1.29 is 14.0 Å². The van der Waals surface area contributed by atoms with Crippen LogP contribution in [0, 0.1) is 5.82 Å². The lowest BCUT2D eigenvalue weighted by atomic mass is 10.1. The zero-order chi connectivity index (χ0) is 17.8. The third-order valence-corrected chi connectivity index (χ3v) is 4.56. The molecule has 0 bridgehead atoms. The van der Waals surface area contributed by atoms with Gasteiger partial charge in [-0.1, -0.05) is 0 Å². The van der Waals surface area contributed by atoms with Crippen LogP contribution >= 0.6 is 0 Å². The lowest BCUT2D eigenvalue weighted by molar-refractivity contribution is -0.122. The van der Waals surface area contributed by atoms with Crippen molar-refractivity contribution in [3.63, 3.8) is 0 Å². The molecule has 2 aromatic rings. The Bertz CT molecular complexity index is 787. The molecule has 0 radical (unpaired) electrons. The summed E-state index contributed by atoms with van der Waals surface area (Å²) < 4.78 is 15.2. The molecule has 6 nitrogen and oxygen atoms in total. The SMILES string of the molecule is Cn1cc(CCNC(=O)N[C@H]2CCCCNC2=O)c2ccc(F)cc21. The first-order valence-electron chi connectivity index (χ1n) is 8.60. The number of hydrogen-bond donors (Lipinski definition) is 3. The summed E-state index contributed by atoms with van der Waals surface area (Å²) >= 11 is 0. The van der Waals surface area contributed by atoms with Crippen LogP contribution in [0.15, 0.2) is 24.4 Å². The summed E-state index contributed by atoms with van der Waals surface area (Å²) in [7, 11) is 1.87. The number of benzene rings is 1. The van der Waals surface area contributed by atoms with Crippen LogP contribution in [0.4, 0.5) is 9.18 Å². The average molecular weight is 346 g/mol. The summed E-state index contributed by atoms with van der Waals surface area (Å²) in [6, 6.07) is 3.90. The molecule has 3 N–H and O–H groups in total. The Morgan fingerprint density at radius 2 is 2.24 bits per heavy atom. The Balaban J connectivity index is 1.54. The van der Waals surface area contributed by atoms with Gasteiger partial charge in [0, 0.05) is 31.7 Å². The van der Waals surface area contributed by atoms with Crippen molar-refractivity contribution in [3.05, 3.63) is 35.8 Å². The lowest BCUT2D eigenvalue weighted by Gasteiger charge is -2.15. The van der Waals surface area contributed by atoms with E-state index in [0.717, 1.165) is 29.3 Å². The molecule has 7 heteroatoms. The Morgan fingerprint density at radius 3 is 3.08 bits per heavy atom. The number of hydrogen-bond acceptors (Lipinski definition) is 2. The second-order valence-corrected chi connectivity index (χ2v) is 6.42. The van der Waals surface area contributed by atoms with Gasteiger partial charge >= 0.3 is 6.03 Å². The molecule has 1 aromatic heterocycles. The zero-order valence-corrected chi connectivity index (χ0v) is 14.3. The van der Waals surface area contributed by atoms with E-state index in [-0.39, 0.29) is 17.8 Å². The van der Waals surface area contributed by atoms with E-state index < -0.39 is 6.04 Å². The number of carbonyl (C=O) groups is 2. The number of amides is 3. The van der Waals surface area contributed by atoms with Gasteiger partial charge in [0.15, 0.2) is 0 Å². The lowest BCUT2D eigenvalue weighted by Crippen LogP contribution is -2.49. The van der Waals surface area contributed by atoms with Crippen LogP contribution in [0.3, 0.4) is 0 Å². The summed E-state index contributed by atoms with van der Waals surface area (Å²) in [6.07, 6.45) is 5.09. The quantitative estimate of drug-likeness (QED) is 0.790. The molecule has 3 rings (SSSR count). The monoisotopic (exact) mass is 346 g/mol. The Hall–Kier alpha value is -2.57. The second-order valence-electron chi connectivity index (χ2n) is 6.42. The molecule has 0 unspecified atom stereocenters. The number of urea groups is 1. The van der Waals surface area contributed by atoms with Crippen LogP contribution in [0.25, 0.3) is 10.9 Å². The van der Waals surface area contributed by atoms with Crippen LogP contribution in [0.2, 0.25) is 0 Å². The Labute approximate surface area is 145 Å². The van der Waals surface area contributed by atoms with Crippen molar-refractivity contribution in [3.8, 4) is 0 Å². The summed E-state index contributed by atoms with van der Waals surface area (Å²) in [5.41, 5.74) is 1.87. The van der Waals surface area contributed by atoms with Gasteiger partial charge in [0.2, 0.25) is 5.91 Å². The zero-order valence-electron chi connectivity index (χ0n) is 14.3. The highest BCUT2D eigenvalue weighted by atomic mass is 19.1. The third kappa shape index (κ3) is 4.10. The first kappa shape index (κ1) is 17.3. The molecule has 1 aliphatic rings. The summed E-state index contributed by atoms with van der Waals surface area (Å²) in [6.45, 7) is 1.11. The van der Waals surface area contributed by atoms with Crippen LogP contribution in [-0.4, -0.2) is 35.6 Å². The molecule has 3 amide bonds. The van der Waals surface area contributed by atoms with Gasteiger partial charge in [-0.05, 0) is 49.4 Å². The first-order valence-corrected chi connectivity index (χ1v) is 8.60. The topological polar surface area (TPSA) is 75.2 Å². The van der Waals surface area contributed by atoms with E-state index in [1.165, 1.54) is 12.1 Å². The van der Waals surface area contributed by atoms with Crippen molar-refractivity contribution in [1.29, 1.82) is 0 Å². The molecule has 25 heavy (non-hydrogen) atoms. The maximum absolute atomic E-state index is 13.4. The molecular weight excluding hydrogens is 323 g/mol. The molecule has 134 valence electrons. The molecular formula is C18H23FN4O2. The first-order chi connectivity index (χ1) is 12.0. The maximum Gasteiger partial charge on any atom is 0.315 e. The molecule has 0 spiro atoms. The van der Waals surface area contributed by atoms with Crippen molar-refractivity contribution >= 4 is 22.8 Å². The second kappa shape index (κ2) is 7.55. The predicted molar refractivity (Wildman–Crippen MR) is 93.8 cm³/mol. The van der Waals surface area contributed by atoms with Crippen LogP contribution in [0.1, 0.15) is 24.8 Å². The Kier molecular flexibility index (Phi) is 5.21. The maximum atomic E-state index is 13.4. The minimum atomic E-state index is -0.469. The van der Waals surface area contributed by atoms with Crippen LogP contribution in [-0.2, 0) is 18.3 Å². The number of aromatic nitrogens is 1. The normalized spacial score (nSPS) is 17.8. The summed E-state index contributed by atoms with van der Waals surface area (Å²) in [4.78, 5) is 23.9. The molecule has 2 heterocycles. The minimum absolute atomic E-state index is 0.122. The third-order valence-electron chi connectivity index (χ3n) is 4.56. The van der Waals surface area contributed by atoms with Crippen molar-refractivity contribution in [2.75, 3.05) is 13.1 Å². The largest absolute Gasteiger partial charge is 0.354 e. The predicted octanol–water partition coefficient (Wildman–Crippen LogP) is 1.83. The van der Waals surface area contributed by atoms with Crippen molar-refractivity contribution in [2.24, 2.45) is 7.05 Å². The van der Waals surface area contributed by atoms with E-state index >= 15 is 0 Å². The van der Waals surface area contributed by atoms with Gasteiger partial charge < -0.3 is 20.5 Å². The van der Waals surface area contributed by atoms with E-state index in [4.69, 9.17) is 0 Å². The van der Waals surface area contributed by atoms with E-state index in [1.54, 1.807) is 6.07 Å². The smallest absolute Gasteiger partial charge is 0.315 e. The number of nitrogens with zero attached hydrogens (tertiary/aromatic N) is 1. The van der Waals surface area contributed by atoms with Gasteiger partial charge in [-0.3, -0.25) is 4.79 Å². The average Bonchev–Trinajstić information content (AvgIpc) is 2.74. The van der Waals surface area contributed by atoms with Gasteiger partial charge in [-0.15, -0.1) is 0 Å². The highest BCUT2D eigenvalue weighted by Crippen LogP contribution is 2.21. The number of fused-ring (bicyclic) bond motifs is 1. The highest BCUT2D eigenvalue weighted by molar-refractivity contribution is 5.87. The van der Waals surface area contributed by atoms with Crippen molar-refractivity contribution in [2.45, 2.75) is 31.7 Å². The molecule has 1 fully saturated rings. The minimum Gasteiger partial charge on any atom is -0.354 e. The van der Waals surface area contributed by atoms with Gasteiger partial charge in [-0.25, -0.2) is 9.18 Å². The van der Waals surface area contributed by atoms with Crippen molar-refractivity contribution in [1.82, 2.24) is 20.5 Å². The molecule has 1 aliphatic heterocycles. The van der Waals surface area contributed by atoms with Gasteiger partial charge in [-0.2, -0.15) is 0 Å². The fourth-order valence-corrected chi connectivity index (χ4v) is 3.24. The number of aryl methyl sites for hydroxylation is 1. The number of rotatable bonds is 4. The van der Waals surface area contributed by atoms with Crippen LogP contribution < -0.4 is 16.0 Å². The highest BCUT2D eigenvalue weighted by Gasteiger charge is 2.22. The molecule has 0 aliphatic carbocycles. The molecule has 1 saturated heterocycles. The number of halogens is 1. The molecule has 0 saturated carbocycles. The van der Waals surface area contributed by atoms with Gasteiger partial charge in [0.25, 0.3) is 0 Å². The fraction of sp³-hybridized carbons (Fsp3) is 0.444. The summed E-state index contributed by atoms with van der Waals surface area (Å²) in [5, 5.41) is 9.29. The van der Waals surface area contributed by atoms with Gasteiger partial charge in [0.05, 0.1) is 5.52 Å². The van der Waals surface area contributed by atoms with Gasteiger partial charge in [0.1, 0.15) is 11.9 Å².